The molecule has 0 atom stereocenters. The third-order valence-electron chi connectivity index (χ3n) is 5.93. The average Bonchev–Trinajstić information content (AvgIpc) is 3.48. The van der Waals surface area contributed by atoms with Crippen LogP contribution in [0.5, 0.6) is 0 Å². The van der Waals surface area contributed by atoms with Crippen molar-refractivity contribution in [3.63, 3.8) is 0 Å². The van der Waals surface area contributed by atoms with E-state index in [0.29, 0.717) is 22.4 Å². The third-order valence-corrected chi connectivity index (χ3v) is 6.38. The van der Waals surface area contributed by atoms with Crippen LogP contribution in [0.1, 0.15) is 137 Å². The van der Waals surface area contributed by atoms with E-state index in [0.717, 1.165) is 43.5 Å². The number of hydrogen-bond donors (Lipinski definition) is 0. The highest BCUT2D eigenvalue weighted by molar-refractivity contribution is 7.94. The van der Waals surface area contributed by atoms with Crippen molar-refractivity contribution in [2.75, 3.05) is 0 Å². The topological polar surface area (TPSA) is 42.5 Å². The first-order valence-electron chi connectivity index (χ1n) is 16.3. The van der Waals surface area contributed by atoms with Crippen LogP contribution in [0.25, 0.3) is 5.65 Å². The predicted molar refractivity (Wildman–Crippen MR) is 199 cm³/mol. The van der Waals surface area contributed by atoms with Gasteiger partial charge < -0.3 is 0 Å². The van der Waals surface area contributed by atoms with E-state index in [-0.39, 0.29) is 12.1 Å². The van der Waals surface area contributed by atoms with Gasteiger partial charge in [-0.3, -0.25) is 4.99 Å². The maximum Gasteiger partial charge on any atom is 0.171 e. The van der Waals surface area contributed by atoms with Crippen LogP contribution in [0.4, 0.5) is 3.89 Å². The summed E-state index contributed by atoms with van der Waals surface area (Å²) in [5.74, 6) is 1.12. The number of rotatable bonds is 10. The van der Waals surface area contributed by atoms with Gasteiger partial charge in [0.1, 0.15) is 4.90 Å². The monoisotopic (exact) mass is 626 g/mol. The van der Waals surface area contributed by atoms with Gasteiger partial charge in [-0.25, -0.2) is 9.50 Å². The predicted octanol–water partition coefficient (Wildman–Crippen LogP) is 13.3. The quantitative estimate of drug-likeness (QED) is 0.128. The van der Waals surface area contributed by atoms with E-state index < -0.39 is 0 Å². The molecular formula is C38H63FN4S. The number of benzene rings is 1. The molecule has 6 heteroatoms. The highest BCUT2D eigenvalue weighted by atomic mass is 32.2. The fourth-order valence-corrected chi connectivity index (χ4v) is 4.23. The Balaban J connectivity index is -0.000000567. The zero-order chi connectivity index (χ0) is 34.3. The molecule has 0 saturated carbocycles. The van der Waals surface area contributed by atoms with E-state index >= 15 is 0 Å². The Kier molecular flexibility index (Phi) is 32.5. The minimum Gasteiger partial charge on any atom is -0.272 e. The molecule has 0 bridgehead atoms. The van der Waals surface area contributed by atoms with Crippen molar-refractivity contribution in [3.05, 3.63) is 96.1 Å². The summed E-state index contributed by atoms with van der Waals surface area (Å²) in [6.07, 6.45) is 14.7. The number of aryl methyl sites for hydroxylation is 1. The second-order valence-electron chi connectivity index (χ2n) is 9.63. The second kappa shape index (κ2) is 31.4. The van der Waals surface area contributed by atoms with Gasteiger partial charge in [-0.2, -0.15) is 8.98 Å². The van der Waals surface area contributed by atoms with Crippen LogP contribution in [0, 0.1) is 6.92 Å². The summed E-state index contributed by atoms with van der Waals surface area (Å²) in [5, 5.41) is 4.17. The highest BCUT2D eigenvalue weighted by Crippen LogP contribution is 2.29. The molecule has 44 heavy (non-hydrogen) atoms. The molecule has 1 aromatic carbocycles. The molecule has 3 rings (SSSR count). The number of hydrogen-bond acceptors (Lipinski definition) is 4. The molecule has 0 N–H and O–H groups in total. The number of fused-ring (bicyclic) bond motifs is 1. The van der Waals surface area contributed by atoms with Crippen molar-refractivity contribution in [2.45, 2.75) is 132 Å². The maximum atomic E-state index is 12.9. The summed E-state index contributed by atoms with van der Waals surface area (Å²) in [6, 6.07) is 12.6. The van der Waals surface area contributed by atoms with Gasteiger partial charge in [0, 0.05) is 23.5 Å². The van der Waals surface area contributed by atoms with E-state index in [1.165, 1.54) is 11.1 Å². The largest absolute Gasteiger partial charge is 0.272 e. The van der Waals surface area contributed by atoms with Gasteiger partial charge in [0.25, 0.3) is 0 Å². The molecule has 3 aromatic rings. The molecule has 0 aliphatic rings. The zero-order valence-corrected chi connectivity index (χ0v) is 30.8. The van der Waals surface area contributed by atoms with E-state index in [1.807, 2.05) is 66.7 Å². The molecule has 2 heterocycles. The smallest absolute Gasteiger partial charge is 0.171 e. The molecule has 0 unspecified atom stereocenters. The van der Waals surface area contributed by atoms with Crippen LogP contribution in [-0.2, 0) is 0 Å². The van der Waals surface area contributed by atoms with Gasteiger partial charge in [-0.1, -0.05) is 124 Å². The molecule has 0 aliphatic carbocycles. The van der Waals surface area contributed by atoms with Gasteiger partial charge in [0.05, 0.1) is 18.3 Å². The van der Waals surface area contributed by atoms with Crippen molar-refractivity contribution >= 4 is 24.5 Å². The summed E-state index contributed by atoms with van der Waals surface area (Å²) in [5.41, 5.74) is 5.35. The standard InChI is InChI=1S/C14H20FN3S.C9H12.C8H13N.C3H6.2C2H6/c1-4-6-11(7-5-2)12-8-10(3)18-14(17-12)13(19-15)9-16-18;1-8(2)9-6-4-3-5-7-9;1-4-6-8(5-2)7-9-3;1-3-2;2*1-2/h8-9,11H,4-7H2,1-3H3;3-8H,1-2H3;4,6-7H,3,5H2,1-2H3;3H,1H2,2H3;2*1-2H3/b;;6-4-,8-7-;;;. The number of halogens is 1. The first-order chi connectivity index (χ1) is 21.3. The second-order valence-corrected chi connectivity index (χ2v) is 10.2. The van der Waals surface area contributed by atoms with Crippen molar-refractivity contribution in [2.24, 2.45) is 4.99 Å². The molecule has 0 fully saturated rings. The number of aliphatic imine (C=N–C) groups is 1. The fraction of sp³-hybridized carbons (Fsp3) is 0.500. The first kappa shape index (κ1) is 45.4. The van der Waals surface area contributed by atoms with Gasteiger partial charge >= 0.3 is 0 Å². The molecule has 0 spiro atoms. The van der Waals surface area contributed by atoms with Crippen LogP contribution in [0.15, 0.2) is 89.1 Å². The average molecular weight is 627 g/mol. The van der Waals surface area contributed by atoms with Crippen LogP contribution in [0.3, 0.4) is 0 Å². The SMILES string of the molecule is C=CC.C=N/C=C(\C=C/C)CC.CC.CC.CC(C)c1ccccc1.CCCC(CCC)c1cc(C)n2ncc(SF)c2n1. The molecule has 0 aliphatic heterocycles. The molecule has 4 nitrogen and oxygen atoms in total. The number of aromatic nitrogens is 3. The van der Waals surface area contributed by atoms with Crippen LogP contribution >= 0.6 is 12.1 Å². The van der Waals surface area contributed by atoms with E-state index in [9.17, 15) is 3.89 Å². The fourth-order valence-electron chi connectivity index (χ4n) is 3.94. The third kappa shape index (κ3) is 19.3. The van der Waals surface area contributed by atoms with Crippen molar-refractivity contribution in [1.82, 2.24) is 14.6 Å². The van der Waals surface area contributed by atoms with E-state index in [1.54, 1.807) is 23.0 Å². The van der Waals surface area contributed by atoms with Crippen molar-refractivity contribution in [3.8, 4) is 0 Å². The maximum absolute atomic E-state index is 12.9. The summed E-state index contributed by atoms with van der Waals surface area (Å²) in [7, 11) is 0. The molecular weight excluding hydrogens is 564 g/mol. The molecule has 0 saturated heterocycles. The summed E-state index contributed by atoms with van der Waals surface area (Å²) >= 11 is 0.215. The molecule has 0 radical (unpaired) electrons. The Morgan fingerprint density at radius 1 is 1.02 bits per heavy atom. The van der Waals surface area contributed by atoms with Crippen LogP contribution < -0.4 is 0 Å². The van der Waals surface area contributed by atoms with Gasteiger partial charge in [0.2, 0.25) is 0 Å². The molecule has 2 aromatic heterocycles. The van der Waals surface area contributed by atoms with Crippen LogP contribution in [0.2, 0.25) is 0 Å². The lowest BCUT2D eigenvalue weighted by Gasteiger charge is -2.15. The van der Waals surface area contributed by atoms with Crippen LogP contribution in [-0.4, -0.2) is 21.3 Å². The normalized spacial score (nSPS) is 10.2. The minimum atomic E-state index is 0.215. The lowest BCUT2D eigenvalue weighted by molar-refractivity contribution is 0.547. The number of nitrogens with zero attached hydrogens (tertiary/aromatic N) is 4. The highest BCUT2D eigenvalue weighted by Gasteiger charge is 2.16. The molecule has 248 valence electrons. The lowest BCUT2D eigenvalue weighted by atomic mass is 9.94. The summed E-state index contributed by atoms with van der Waals surface area (Å²) in [4.78, 5) is 8.80. The van der Waals surface area contributed by atoms with Crippen molar-refractivity contribution in [1.29, 1.82) is 0 Å². The Morgan fingerprint density at radius 2 is 1.57 bits per heavy atom. The first-order valence-corrected chi connectivity index (χ1v) is 17.0. The van der Waals surface area contributed by atoms with Gasteiger partial charge in [-0.05, 0) is 69.9 Å². The number of allylic oxidation sites excluding steroid dienone is 4. The minimum absolute atomic E-state index is 0.215. The Bertz CT molecular complexity index is 1140. The zero-order valence-electron chi connectivity index (χ0n) is 30.0. The summed E-state index contributed by atoms with van der Waals surface area (Å²) in [6.45, 7) is 31.5. The lowest BCUT2D eigenvalue weighted by Crippen LogP contribution is -2.06. The van der Waals surface area contributed by atoms with Crippen molar-refractivity contribution < 1.29 is 3.89 Å². The Morgan fingerprint density at radius 3 is 1.95 bits per heavy atom. The van der Waals surface area contributed by atoms with E-state index in [4.69, 9.17) is 0 Å². The summed E-state index contributed by atoms with van der Waals surface area (Å²) < 4.78 is 14.6. The van der Waals surface area contributed by atoms with Gasteiger partial charge in [-0.15, -0.1) is 6.58 Å². The van der Waals surface area contributed by atoms with E-state index in [2.05, 4.69) is 93.3 Å². The molecule has 0 amide bonds. The Labute approximate surface area is 275 Å². The van der Waals surface area contributed by atoms with Gasteiger partial charge in [0.15, 0.2) is 5.65 Å². The Hall–Kier alpha value is -2.99.